The largest absolute Gasteiger partial charge is 0.513 e. The smallest absolute Gasteiger partial charge is 0.0908 e. The minimum Gasteiger partial charge on any atom is -0.513 e. The molecule has 1 aliphatic carbocycles. The first kappa shape index (κ1) is 6.62. The number of aliphatic hydroxyl groups excluding tert-OH is 1. The average Bonchev–Trinajstić information content (AvgIpc) is 1.88. The van der Waals surface area contributed by atoms with Crippen LogP contribution in [-0.2, 0) is 4.74 Å². The number of rotatable bonds is 1. The van der Waals surface area contributed by atoms with Crippen LogP contribution in [0.4, 0.5) is 0 Å². The van der Waals surface area contributed by atoms with Gasteiger partial charge in [-0.2, -0.15) is 0 Å². The van der Waals surface area contributed by atoms with Crippen LogP contribution in [0.1, 0.15) is 19.3 Å². The van der Waals surface area contributed by atoms with Gasteiger partial charge in [-0.25, -0.2) is 0 Å². The Morgan fingerprint density at radius 1 is 1.78 bits per heavy atom. The predicted octanol–water partition coefficient (Wildman–Crippen LogP) is 1.63. The van der Waals surface area contributed by atoms with Crippen molar-refractivity contribution in [1.29, 1.82) is 0 Å². The molecule has 0 fully saturated rings. The number of methoxy groups -OCH3 is 1. The van der Waals surface area contributed by atoms with Crippen molar-refractivity contribution >= 4 is 0 Å². The lowest BCUT2D eigenvalue weighted by Crippen LogP contribution is -2.11. The number of aliphatic hydroxyl groups is 1. The van der Waals surface area contributed by atoms with Gasteiger partial charge >= 0.3 is 0 Å². The van der Waals surface area contributed by atoms with E-state index in [0.717, 1.165) is 19.3 Å². The van der Waals surface area contributed by atoms with Gasteiger partial charge in [-0.3, -0.25) is 0 Å². The van der Waals surface area contributed by atoms with Gasteiger partial charge in [-0.05, 0) is 18.9 Å². The Hall–Kier alpha value is -0.500. The number of hydrogen-bond acceptors (Lipinski definition) is 2. The molecule has 0 aliphatic heterocycles. The Morgan fingerprint density at radius 3 is 3.00 bits per heavy atom. The summed E-state index contributed by atoms with van der Waals surface area (Å²) in [6, 6.07) is 0. The van der Waals surface area contributed by atoms with Gasteiger partial charge < -0.3 is 9.84 Å². The third-order valence-electron chi connectivity index (χ3n) is 1.60. The average molecular weight is 128 g/mol. The van der Waals surface area contributed by atoms with Gasteiger partial charge in [0.25, 0.3) is 0 Å². The second kappa shape index (κ2) is 2.87. The van der Waals surface area contributed by atoms with E-state index in [1.807, 2.05) is 0 Å². The van der Waals surface area contributed by atoms with Crippen LogP contribution in [0.3, 0.4) is 0 Å². The summed E-state index contributed by atoms with van der Waals surface area (Å²) in [5.74, 6) is 0.480. The molecule has 1 atom stereocenters. The van der Waals surface area contributed by atoms with Gasteiger partial charge in [0.05, 0.1) is 11.9 Å². The molecule has 0 bridgehead atoms. The molecule has 0 amide bonds. The molecule has 0 spiro atoms. The lowest BCUT2D eigenvalue weighted by atomic mass is 10.0. The summed E-state index contributed by atoms with van der Waals surface area (Å²) in [5.41, 5.74) is 0. The SMILES string of the molecule is COC1C=C(O)CCC1. The monoisotopic (exact) mass is 128 g/mol. The van der Waals surface area contributed by atoms with Crippen molar-refractivity contribution < 1.29 is 9.84 Å². The fraction of sp³-hybridized carbons (Fsp3) is 0.714. The number of hydrogen-bond donors (Lipinski definition) is 1. The summed E-state index contributed by atoms with van der Waals surface area (Å²) in [6.07, 6.45) is 4.84. The Labute approximate surface area is 55.1 Å². The van der Waals surface area contributed by atoms with Crippen LogP contribution in [0, 0.1) is 0 Å². The Kier molecular flexibility index (Phi) is 2.11. The maximum absolute atomic E-state index is 8.99. The molecule has 0 aromatic rings. The summed E-state index contributed by atoms with van der Waals surface area (Å²) in [4.78, 5) is 0. The quantitative estimate of drug-likeness (QED) is 0.581. The highest BCUT2D eigenvalue weighted by atomic mass is 16.5. The van der Waals surface area contributed by atoms with E-state index in [0.29, 0.717) is 5.76 Å². The second-order valence-electron chi connectivity index (χ2n) is 2.32. The molecule has 52 valence electrons. The van der Waals surface area contributed by atoms with Gasteiger partial charge in [0.15, 0.2) is 0 Å². The molecule has 1 aliphatic rings. The van der Waals surface area contributed by atoms with E-state index >= 15 is 0 Å². The van der Waals surface area contributed by atoms with Gasteiger partial charge in [0, 0.05) is 13.5 Å². The van der Waals surface area contributed by atoms with Gasteiger partial charge in [0.1, 0.15) is 0 Å². The topological polar surface area (TPSA) is 29.5 Å². The van der Waals surface area contributed by atoms with Gasteiger partial charge in [-0.15, -0.1) is 0 Å². The first-order valence-electron chi connectivity index (χ1n) is 3.25. The van der Waals surface area contributed by atoms with Crippen molar-refractivity contribution in [2.75, 3.05) is 7.11 Å². The van der Waals surface area contributed by atoms with Crippen LogP contribution in [0.15, 0.2) is 11.8 Å². The van der Waals surface area contributed by atoms with Crippen molar-refractivity contribution in [1.82, 2.24) is 0 Å². The molecule has 0 radical (unpaired) electrons. The predicted molar refractivity (Wildman–Crippen MR) is 35.4 cm³/mol. The van der Waals surface area contributed by atoms with Crippen molar-refractivity contribution in [3.05, 3.63) is 11.8 Å². The molecule has 9 heavy (non-hydrogen) atoms. The highest BCUT2D eigenvalue weighted by Crippen LogP contribution is 2.16. The summed E-state index contributed by atoms with van der Waals surface area (Å²) < 4.78 is 5.03. The van der Waals surface area contributed by atoms with Gasteiger partial charge in [0.2, 0.25) is 0 Å². The van der Waals surface area contributed by atoms with E-state index < -0.39 is 0 Å². The molecule has 0 saturated carbocycles. The maximum atomic E-state index is 8.99. The molecule has 1 N–H and O–H groups in total. The van der Waals surface area contributed by atoms with E-state index in [9.17, 15) is 0 Å². The molecule has 0 saturated heterocycles. The summed E-state index contributed by atoms with van der Waals surface area (Å²) in [7, 11) is 1.67. The maximum Gasteiger partial charge on any atom is 0.0908 e. The van der Waals surface area contributed by atoms with E-state index in [-0.39, 0.29) is 6.10 Å². The highest BCUT2D eigenvalue weighted by Gasteiger charge is 2.10. The minimum absolute atomic E-state index is 0.152. The zero-order chi connectivity index (χ0) is 6.69. The van der Waals surface area contributed by atoms with Crippen LogP contribution in [-0.4, -0.2) is 18.3 Å². The summed E-state index contributed by atoms with van der Waals surface area (Å²) in [5, 5.41) is 8.99. The Balaban J connectivity index is 2.47. The van der Waals surface area contributed by atoms with Crippen molar-refractivity contribution in [2.24, 2.45) is 0 Å². The highest BCUT2D eigenvalue weighted by molar-refractivity contribution is 5.00. The molecular weight excluding hydrogens is 116 g/mol. The molecule has 1 unspecified atom stereocenters. The van der Waals surface area contributed by atoms with E-state index in [1.165, 1.54) is 0 Å². The third-order valence-corrected chi connectivity index (χ3v) is 1.60. The summed E-state index contributed by atoms with van der Waals surface area (Å²) >= 11 is 0. The third kappa shape index (κ3) is 1.72. The molecule has 2 nitrogen and oxygen atoms in total. The van der Waals surface area contributed by atoms with Crippen LogP contribution in [0.25, 0.3) is 0 Å². The standard InChI is InChI=1S/C7H12O2/c1-9-7-4-2-3-6(8)5-7/h5,7-8H,2-4H2,1H3. The fourth-order valence-corrected chi connectivity index (χ4v) is 1.05. The lowest BCUT2D eigenvalue weighted by molar-refractivity contribution is 0.120. The number of allylic oxidation sites excluding steroid dienone is 1. The van der Waals surface area contributed by atoms with Crippen molar-refractivity contribution in [2.45, 2.75) is 25.4 Å². The fourth-order valence-electron chi connectivity index (χ4n) is 1.05. The Morgan fingerprint density at radius 2 is 2.56 bits per heavy atom. The van der Waals surface area contributed by atoms with E-state index in [2.05, 4.69) is 0 Å². The van der Waals surface area contributed by atoms with Crippen LogP contribution in [0.2, 0.25) is 0 Å². The van der Waals surface area contributed by atoms with Crippen molar-refractivity contribution in [3.63, 3.8) is 0 Å². The summed E-state index contributed by atoms with van der Waals surface area (Å²) in [6.45, 7) is 0. The molecule has 0 aromatic carbocycles. The van der Waals surface area contributed by atoms with E-state index in [1.54, 1.807) is 13.2 Å². The molecule has 2 heteroatoms. The lowest BCUT2D eigenvalue weighted by Gasteiger charge is -2.15. The molecular formula is C7H12O2. The van der Waals surface area contributed by atoms with Crippen LogP contribution >= 0.6 is 0 Å². The zero-order valence-corrected chi connectivity index (χ0v) is 5.63. The normalized spacial score (nSPS) is 27.7. The van der Waals surface area contributed by atoms with Crippen LogP contribution < -0.4 is 0 Å². The minimum atomic E-state index is 0.152. The number of ether oxygens (including phenoxy) is 1. The Bertz CT molecular complexity index is 118. The first-order valence-corrected chi connectivity index (χ1v) is 3.25. The van der Waals surface area contributed by atoms with Gasteiger partial charge in [-0.1, -0.05) is 0 Å². The zero-order valence-electron chi connectivity index (χ0n) is 5.63. The van der Waals surface area contributed by atoms with E-state index in [4.69, 9.17) is 9.84 Å². The molecule has 0 heterocycles. The first-order chi connectivity index (χ1) is 4.33. The van der Waals surface area contributed by atoms with Crippen LogP contribution in [0.5, 0.6) is 0 Å². The van der Waals surface area contributed by atoms with Crippen molar-refractivity contribution in [3.8, 4) is 0 Å². The molecule has 0 aromatic heterocycles. The second-order valence-corrected chi connectivity index (χ2v) is 2.32. The molecule has 1 rings (SSSR count).